The monoisotopic (exact) mass is 504 g/mol. The standard InChI is InChI=1S/C27H37FN2O6/c1-4-5-14-21(30-25(33)18-12-9-13-19(28)22(18)26(30)34)24(32)29-20(15-17-10-7-6-8-11-17)23(31)27(35)36-16(2)3/h9,12-13,16-17,20-21,23,31H,4-8,10-11,14-15H2,1-3H3,(H,29,32)/t20-,21-,23+/m0/s1. The fourth-order valence-corrected chi connectivity index (χ4v) is 5.11. The van der Waals surface area contributed by atoms with E-state index in [1.807, 2.05) is 6.92 Å². The molecule has 2 N–H and O–H groups in total. The number of fused-ring (bicyclic) bond motifs is 1. The van der Waals surface area contributed by atoms with Crippen molar-refractivity contribution in [1.82, 2.24) is 10.2 Å². The Bertz CT molecular complexity index is 975. The van der Waals surface area contributed by atoms with Gasteiger partial charge in [-0.3, -0.25) is 19.3 Å². The van der Waals surface area contributed by atoms with E-state index in [1.54, 1.807) is 13.8 Å². The second kappa shape index (κ2) is 12.4. The summed E-state index contributed by atoms with van der Waals surface area (Å²) < 4.78 is 19.6. The van der Waals surface area contributed by atoms with Crippen molar-refractivity contribution < 1.29 is 33.4 Å². The number of carbonyl (C=O) groups excluding carboxylic acids is 4. The molecule has 3 rings (SSSR count). The van der Waals surface area contributed by atoms with Crippen LogP contribution in [-0.4, -0.2) is 58.0 Å². The molecule has 0 aromatic heterocycles. The lowest BCUT2D eigenvalue weighted by Gasteiger charge is -2.32. The molecule has 2 aliphatic rings. The number of aliphatic hydroxyl groups excluding tert-OH is 1. The van der Waals surface area contributed by atoms with E-state index in [-0.39, 0.29) is 23.5 Å². The molecular weight excluding hydrogens is 467 g/mol. The van der Waals surface area contributed by atoms with Gasteiger partial charge in [0.25, 0.3) is 11.8 Å². The number of hydrogen-bond donors (Lipinski definition) is 2. The first kappa shape index (κ1) is 27.8. The molecule has 1 fully saturated rings. The molecule has 1 aromatic rings. The summed E-state index contributed by atoms with van der Waals surface area (Å²) in [7, 11) is 0. The number of nitrogens with one attached hydrogen (secondary N) is 1. The molecule has 1 saturated carbocycles. The van der Waals surface area contributed by atoms with Gasteiger partial charge in [-0.25, -0.2) is 9.18 Å². The van der Waals surface area contributed by atoms with E-state index >= 15 is 0 Å². The summed E-state index contributed by atoms with van der Waals surface area (Å²) in [5, 5.41) is 13.6. The van der Waals surface area contributed by atoms with Crippen molar-refractivity contribution in [3.63, 3.8) is 0 Å². The van der Waals surface area contributed by atoms with Gasteiger partial charge in [0.15, 0.2) is 6.10 Å². The number of carbonyl (C=O) groups is 4. The van der Waals surface area contributed by atoms with E-state index in [2.05, 4.69) is 5.32 Å². The first-order valence-corrected chi connectivity index (χ1v) is 13.0. The summed E-state index contributed by atoms with van der Waals surface area (Å²) >= 11 is 0. The number of ether oxygens (including phenoxy) is 1. The predicted octanol–water partition coefficient (Wildman–Crippen LogP) is 3.75. The summed E-state index contributed by atoms with van der Waals surface area (Å²) in [6.45, 7) is 5.25. The molecule has 1 aromatic carbocycles. The molecule has 8 nitrogen and oxygen atoms in total. The van der Waals surface area contributed by atoms with Crippen molar-refractivity contribution in [3.8, 4) is 0 Å². The van der Waals surface area contributed by atoms with Crippen molar-refractivity contribution in [2.75, 3.05) is 0 Å². The van der Waals surface area contributed by atoms with Crippen LogP contribution < -0.4 is 5.32 Å². The highest BCUT2D eigenvalue weighted by atomic mass is 19.1. The van der Waals surface area contributed by atoms with E-state index in [1.165, 1.54) is 12.1 Å². The Morgan fingerprint density at radius 3 is 2.47 bits per heavy atom. The van der Waals surface area contributed by atoms with Crippen LogP contribution in [0.15, 0.2) is 18.2 Å². The van der Waals surface area contributed by atoms with Crippen LogP contribution in [0.4, 0.5) is 4.39 Å². The molecule has 9 heteroatoms. The third-order valence-corrected chi connectivity index (χ3v) is 6.96. The van der Waals surface area contributed by atoms with E-state index in [0.29, 0.717) is 19.3 Å². The Kier molecular flexibility index (Phi) is 9.59. The molecule has 36 heavy (non-hydrogen) atoms. The first-order valence-electron chi connectivity index (χ1n) is 13.0. The van der Waals surface area contributed by atoms with Crippen molar-refractivity contribution in [1.29, 1.82) is 0 Å². The van der Waals surface area contributed by atoms with E-state index in [0.717, 1.165) is 43.1 Å². The van der Waals surface area contributed by atoms with Crippen LogP contribution in [0.3, 0.4) is 0 Å². The van der Waals surface area contributed by atoms with Gasteiger partial charge in [0, 0.05) is 0 Å². The molecule has 1 heterocycles. The van der Waals surface area contributed by atoms with Crippen LogP contribution in [0.5, 0.6) is 0 Å². The maximum atomic E-state index is 14.4. The minimum absolute atomic E-state index is 0.0754. The van der Waals surface area contributed by atoms with Gasteiger partial charge >= 0.3 is 5.97 Å². The van der Waals surface area contributed by atoms with Gasteiger partial charge in [0.05, 0.1) is 23.3 Å². The largest absolute Gasteiger partial charge is 0.461 e. The molecule has 0 spiro atoms. The molecule has 3 amide bonds. The number of hydrogen-bond acceptors (Lipinski definition) is 6. The maximum absolute atomic E-state index is 14.4. The van der Waals surface area contributed by atoms with Crippen molar-refractivity contribution in [3.05, 3.63) is 35.1 Å². The van der Waals surface area contributed by atoms with Crippen LogP contribution in [0, 0.1) is 11.7 Å². The van der Waals surface area contributed by atoms with Gasteiger partial charge in [-0.2, -0.15) is 0 Å². The number of aliphatic hydroxyl groups is 1. The molecule has 0 radical (unpaired) electrons. The number of amides is 3. The van der Waals surface area contributed by atoms with Crippen molar-refractivity contribution >= 4 is 23.7 Å². The van der Waals surface area contributed by atoms with E-state index in [9.17, 15) is 28.7 Å². The molecule has 1 aliphatic heterocycles. The van der Waals surface area contributed by atoms with Gasteiger partial charge < -0.3 is 15.2 Å². The highest BCUT2D eigenvalue weighted by Gasteiger charge is 2.45. The van der Waals surface area contributed by atoms with Crippen molar-refractivity contribution in [2.24, 2.45) is 5.92 Å². The molecule has 1 aliphatic carbocycles. The summed E-state index contributed by atoms with van der Waals surface area (Å²) in [5.41, 5.74) is -0.412. The van der Waals surface area contributed by atoms with Gasteiger partial charge in [0.1, 0.15) is 11.9 Å². The van der Waals surface area contributed by atoms with Crippen LogP contribution in [0.2, 0.25) is 0 Å². The Balaban J connectivity index is 1.85. The number of benzene rings is 1. The fourth-order valence-electron chi connectivity index (χ4n) is 5.11. The number of rotatable bonds is 11. The zero-order valence-corrected chi connectivity index (χ0v) is 21.3. The number of imide groups is 1. The van der Waals surface area contributed by atoms with Gasteiger partial charge in [0.2, 0.25) is 5.91 Å². The van der Waals surface area contributed by atoms with Crippen molar-refractivity contribution in [2.45, 2.75) is 103 Å². The van der Waals surface area contributed by atoms with Crippen LogP contribution in [0.1, 0.15) is 99.3 Å². The zero-order chi connectivity index (χ0) is 26.4. The summed E-state index contributed by atoms with van der Waals surface area (Å²) in [6.07, 6.45) is 4.82. The number of halogens is 1. The first-order chi connectivity index (χ1) is 17.1. The second-order valence-electron chi connectivity index (χ2n) is 10.1. The molecule has 0 saturated heterocycles. The highest BCUT2D eigenvalue weighted by Crippen LogP contribution is 2.30. The highest BCUT2D eigenvalue weighted by molar-refractivity contribution is 6.23. The molecule has 0 unspecified atom stereocenters. The van der Waals surface area contributed by atoms with Crippen LogP contribution in [0.25, 0.3) is 0 Å². The molecule has 3 atom stereocenters. The molecule has 198 valence electrons. The summed E-state index contributed by atoms with van der Waals surface area (Å²) in [4.78, 5) is 53.0. The Labute approximate surface area is 211 Å². The second-order valence-corrected chi connectivity index (χ2v) is 10.1. The topological polar surface area (TPSA) is 113 Å². The molecule has 0 bridgehead atoms. The zero-order valence-electron chi connectivity index (χ0n) is 21.3. The van der Waals surface area contributed by atoms with E-state index in [4.69, 9.17) is 4.74 Å². The quantitative estimate of drug-likeness (QED) is 0.351. The number of unbranched alkanes of at least 4 members (excludes halogenated alkanes) is 1. The SMILES string of the molecule is CCCC[C@@H](C(=O)N[C@@H](CC1CCCCC1)[C@@H](O)C(=O)OC(C)C)N1C(=O)c2cccc(F)c2C1=O. The Morgan fingerprint density at radius 2 is 1.86 bits per heavy atom. The van der Waals surface area contributed by atoms with Crippen LogP contribution in [-0.2, 0) is 14.3 Å². The smallest absolute Gasteiger partial charge is 0.337 e. The lowest BCUT2D eigenvalue weighted by atomic mass is 9.83. The lowest BCUT2D eigenvalue weighted by molar-refractivity contribution is -0.159. The Hall–Kier alpha value is -2.81. The minimum atomic E-state index is -1.59. The minimum Gasteiger partial charge on any atom is -0.461 e. The van der Waals surface area contributed by atoms with Gasteiger partial charge in [-0.1, -0.05) is 57.9 Å². The maximum Gasteiger partial charge on any atom is 0.337 e. The normalized spacial score (nSPS) is 18.7. The van der Waals surface area contributed by atoms with Gasteiger partial charge in [-0.15, -0.1) is 0 Å². The Morgan fingerprint density at radius 1 is 1.17 bits per heavy atom. The fraction of sp³-hybridized carbons (Fsp3) is 0.630. The number of esters is 1. The summed E-state index contributed by atoms with van der Waals surface area (Å²) in [5.74, 6) is -3.67. The average molecular weight is 505 g/mol. The third kappa shape index (κ3) is 6.30. The third-order valence-electron chi connectivity index (χ3n) is 6.96. The molecular formula is C27H37FN2O6. The van der Waals surface area contributed by atoms with Crippen LogP contribution >= 0.6 is 0 Å². The van der Waals surface area contributed by atoms with Gasteiger partial charge in [-0.05, 0) is 44.7 Å². The number of nitrogens with zero attached hydrogens (tertiary/aromatic N) is 1. The average Bonchev–Trinajstić information content (AvgIpc) is 3.09. The predicted molar refractivity (Wildman–Crippen MR) is 131 cm³/mol. The lowest BCUT2D eigenvalue weighted by Crippen LogP contribution is -2.56. The van der Waals surface area contributed by atoms with E-state index < -0.39 is 53.8 Å². The summed E-state index contributed by atoms with van der Waals surface area (Å²) in [6, 6.07) is 1.68.